The van der Waals surface area contributed by atoms with Crippen molar-refractivity contribution in [2.75, 3.05) is 58.1 Å². The van der Waals surface area contributed by atoms with Crippen LogP contribution in [0.5, 0.6) is 5.75 Å². The molecule has 2 aromatic carbocycles. The molecule has 4 rings (SSSR count). The first-order valence-corrected chi connectivity index (χ1v) is 17.1. The van der Waals surface area contributed by atoms with Crippen molar-refractivity contribution >= 4 is 11.7 Å². The Bertz CT molecular complexity index is 1490. The fraction of sp³-hybridized carbons (Fsp3) is 0.538. The van der Waals surface area contributed by atoms with Crippen molar-refractivity contribution in [1.29, 1.82) is 0 Å². The number of rotatable bonds is 17. The molecule has 1 N–H and O–H groups in total. The number of aryl methyl sites for hydroxylation is 1. The zero-order valence-corrected chi connectivity index (χ0v) is 30.1. The first-order valence-electron chi connectivity index (χ1n) is 17.1. The third-order valence-electron chi connectivity index (χ3n) is 8.62. The Kier molecular flexibility index (Phi) is 13.6. The third-order valence-corrected chi connectivity index (χ3v) is 8.62. The van der Waals surface area contributed by atoms with Crippen LogP contribution in [0.25, 0.3) is 11.1 Å². The predicted octanol–water partition coefficient (Wildman–Crippen LogP) is 7.56. The van der Waals surface area contributed by atoms with Crippen molar-refractivity contribution in [2.24, 2.45) is 5.41 Å². The molecule has 1 atom stereocenters. The lowest BCUT2D eigenvalue weighted by Gasteiger charge is -2.41. The van der Waals surface area contributed by atoms with Crippen molar-refractivity contribution in [1.82, 2.24) is 4.98 Å². The van der Waals surface area contributed by atoms with Crippen LogP contribution in [0.15, 0.2) is 48.5 Å². The van der Waals surface area contributed by atoms with Crippen LogP contribution in [-0.2, 0) is 36.8 Å². The molecule has 0 spiro atoms. The average Bonchev–Trinajstić information content (AvgIpc) is 3.04. The number of aromatic nitrogens is 1. The van der Waals surface area contributed by atoms with E-state index in [4.69, 9.17) is 28.7 Å². The van der Waals surface area contributed by atoms with Crippen LogP contribution in [0, 0.1) is 18.2 Å². The summed E-state index contributed by atoms with van der Waals surface area (Å²) in [5.74, 6) is -0.640. The molecular weight excluding hydrogens is 627 g/mol. The van der Waals surface area contributed by atoms with Crippen LogP contribution in [0.1, 0.15) is 76.1 Å². The molecule has 1 aliphatic heterocycles. The number of hydrogen-bond acceptors (Lipinski definition) is 8. The maximum atomic E-state index is 13.3. The smallest absolute Gasteiger partial charge is 0.337 e. The number of carbonyl (C=O) groups is 1. The number of methoxy groups -OCH3 is 1. The van der Waals surface area contributed by atoms with Crippen LogP contribution in [0.4, 0.5) is 10.1 Å². The summed E-state index contributed by atoms with van der Waals surface area (Å²) in [5.41, 5.74) is 4.83. The highest BCUT2D eigenvalue weighted by Gasteiger charge is 2.37. The molecular formula is C39H53FN2O7. The van der Waals surface area contributed by atoms with Crippen LogP contribution in [0.2, 0.25) is 0 Å². The minimum Gasteiger partial charge on any atom is -0.493 e. The van der Waals surface area contributed by atoms with E-state index in [1.807, 2.05) is 52.0 Å². The topological polar surface area (TPSA) is 99.6 Å². The monoisotopic (exact) mass is 680 g/mol. The van der Waals surface area contributed by atoms with Gasteiger partial charge in [0.1, 0.15) is 11.6 Å². The van der Waals surface area contributed by atoms with Gasteiger partial charge in [0.05, 0.1) is 56.6 Å². The van der Waals surface area contributed by atoms with E-state index in [-0.39, 0.29) is 17.8 Å². The lowest BCUT2D eigenvalue weighted by Crippen LogP contribution is -2.39. The van der Waals surface area contributed by atoms with Gasteiger partial charge in [-0.25, -0.2) is 9.18 Å². The number of benzene rings is 2. The number of carboxylic acids is 1. The van der Waals surface area contributed by atoms with Crippen molar-refractivity contribution in [3.8, 4) is 16.9 Å². The Morgan fingerprint density at radius 3 is 2.20 bits per heavy atom. The molecule has 0 aliphatic carbocycles. The standard InChI is InChI=1S/C39H53FN2O7/c1-27-33(29-10-14-31(15-11-29)48-21-16-28-8-12-30(40)13-9-28)35(42-19-17-39(5,6)18-20-42)34(36(37(43)44)49-38(2,3)4)32(41-27)26-47-25-24-46-23-22-45-7/h8-15,36H,16-26H2,1-7H3,(H,43,44)/t36-/m0/s1. The van der Waals surface area contributed by atoms with Gasteiger partial charge in [-0.3, -0.25) is 4.98 Å². The summed E-state index contributed by atoms with van der Waals surface area (Å²) in [4.78, 5) is 20.4. The van der Waals surface area contributed by atoms with Gasteiger partial charge in [-0.2, -0.15) is 0 Å². The van der Waals surface area contributed by atoms with Crippen molar-refractivity contribution in [3.05, 3.63) is 76.9 Å². The summed E-state index contributed by atoms with van der Waals surface area (Å²) in [6.07, 6.45) is 1.28. The molecule has 2 heterocycles. The van der Waals surface area contributed by atoms with Crippen molar-refractivity contribution in [3.63, 3.8) is 0 Å². The van der Waals surface area contributed by atoms with E-state index < -0.39 is 17.7 Å². The number of pyridine rings is 1. The van der Waals surface area contributed by atoms with Gasteiger partial charge in [0, 0.05) is 43.4 Å². The summed E-state index contributed by atoms with van der Waals surface area (Å²) < 4.78 is 42.3. The molecule has 49 heavy (non-hydrogen) atoms. The van der Waals surface area contributed by atoms with Gasteiger partial charge in [0.15, 0.2) is 6.10 Å². The summed E-state index contributed by atoms with van der Waals surface area (Å²) in [7, 11) is 1.62. The SMILES string of the molecule is COCCOCCOCc1nc(C)c(-c2ccc(OCCc3ccc(F)cc3)cc2)c(N2CCC(C)(C)CC2)c1[C@H](OC(C)(C)C)C(=O)O. The first kappa shape index (κ1) is 38.2. The van der Waals surface area contributed by atoms with Crippen LogP contribution < -0.4 is 9.64 Å². The second kappa shape index (κ2) is 17.4. The summed E-state index contributed by atoms with van der Waals surface area (Å²) in [6.45, 7) is 15.8. The Balaban J connectivity index is 1.73. The van der Waals surface area contributed by atoms with Gasteiger partial charge in [-0.05, 0) is 81.3 Å². The molecule has 268 valence electrons. The fourth-order valence-corrected chi connectivity index (χ4v) is 5.93. The predicted molar refractivity (Wildman–Crippen MR) is 189 cm³/mol. The van der Waals surface area contributed by atoms with E-state index in [1.54, 1.807) is 19.2 Å². The number of hydrogen-bond donors (Lipinski definition) is 1. The fourth-order valence-electron chi connectivity index (χ4n) is 5.93. The van der Waals surface area contributed by atoms with Crippen LogP contribution in [-0.4, -0.2) is 74.9 Å². The van der Waals surface area contributed by atoms with E-state index >= 15 is 0 Å². The van der Waals surface area contributed by atoms with E-state index in [2.05, 4.69) is 18.7 Å². The normalized spacial score (nSPS) is 15.3. The van der Waals surface area contributed by atoms with Gasteiger partial charge in [-0.15, -0.1) is 0 Å². The molecule has 0 amide bonds. The molecule has 0 unspecified atom stereocenters. The number of nitrogens with zero attached hydrogens (tertiary/aromatic N) is 2. The molecule has 10 heteroatoms. The zero-order chi connectivity index (χ0) is 35.6. The molecule has 1 fully saturated rings. The van der Waals surface area contributed by atoms with Gasteiger partial charge < -0.3 is 33.7 Å². The highest BCUT2D eigenvalue weighted by Crippen LogP contribution is 2.45. The van der Waals surface area contributed by atoms with Gasteiger partial charge in [-0.1, -0.05) is 38.1 Å². The summed E-state index contributed by atoms with van der Waals surface area (Å²) in [6, 6.07) is 14.3. The average molecular weight is 681 g/mol. The second-order valence-corrected chi connectivity index (χ2v) is 14.3. The number of anilines is 1. The lowest BCUT2D eigenvalue weighted by atomic mass is 9.81. The third kappa shape index (κ3) is 11.2. The molecule has 1 saturated heterocycles. The molecule has 1 aromatic heterocycles. The Labute approximate surface area is 290 Å². The maximum absolute atomic E-state index is 13.3. The number of ether oxygens (including phenoxy) is 5. The Morgan fingerprint density at radius 1 is 0.959 bits per heavy atom. The molecule has 3 aromatic rings. The Morgan fingerprint density at radius 2 is 1.59 bits per heavy atom. The van der Waals surface area contributed by atoms with Crippen LogP contribution >= 0.6 is 0 Å². The maximum Gasteiger partial charge on any atom is 0.337 e. The van der Waals surface area contributed by atoms with Gasteiger partial charge in [0.2, 0.25) is 0 Å². The minimum absolute atomic E-state index is 0.106. The van der Waals surface area contributed by atoms with Crippen LogP contribution in [0.3, 0.4) is 0 Å². The quantitative estimate of drug-likeness (QED) is 0.145. The first-order chi connectivity index (χ1) is 23.3. The lowest BCUT2D eigenvalue weighted by molar-refractivity contribution is -0.160. The summed E-state index contributed by atoms with van der Waals surface area (Å²) >= 11 is 0. The van der Waals surface area contributed by atoms with E-state index in [1.165, 1.54) is 12.1 Å². The molecule has 0 radical (unpaired) electrons. The summed E-state index contributed by atoms with van der Waals surface area (Å²) in [5, 5.41) is 10.7. The Hall–Kier alpha value is -3.57. The van der Waals surface area contributed by atoms with Gasteiger partial charge in [0.25, 0.3) is 0 Å². The number of piperidine rings is 1. The van der Waals surface area contributed by atoms with Gasteiger partial charge >= 0.3 is 5.97 Å². The second-order valence-electron chi connectivity index (χ2n) is 14.3. The van der Waals surface area contributed by atoms with E-state index in [9.17, 15) is 14.3 Å². The van der Waals surface area contributed by atoms with Crippen molar-refractivity contribution in [2.45, 2.75) is 79.1 Å². The molecule has 0 saturated carbocycles. The molecule has 9 nitrogen and oxygen atoms in total. The zero-order valence-electron chi connectivity index (χ0n) is 30.1. The van der Waals surface area contributed by atoms with E-state index in [0.717, 1.165) is 54.0 Å². The molecule has 1 aliphatic rings. The van der Waals surface area contributed by atoms with E-state index in [0.29, 0.717) is 56.5 Å². The highest BCUT2D eigenvalue weighted by molar-refractivity contribution is 5.88. The number of aliphatic carboxylic acids is 1. The minimum atomic E-state index is -1.28. The van der Waals surface area contributed by atoms with Crippen molar-refractivity contribution < 1.29 is 38.0 Å². The largest absolute Gasteiger partial charge is 0.493 e. The number of halogens is 1. The highest BCUT2D eigenvalue weighted by atomic mass is 19.1. The molecule has 0 bridgehead atoms. The number of carboxylic acid groups (broad SMARTS) is 1.